The zero-order valence-corrected chi connectivity index (χ0v) is 17.0. The normalized spacial score (nSPS) is 22.4. The molecule has 8 heteroatoms. The van der Waals surface area contributed by atoms with Crippen molar-refractivity contribution in [2.75, 3.05) is 19.6 Å². The topological polar surface area (TPSA) is 45.1 Å². The number of likely N-dealkylation sites (tertiary alicyclic amines) is 1. The SMILES string of the molecule is O=C1CCC(c2ccc(OC3CCN(C4CCCC4)CC3)cc2)=NN1CC(F)(F)F. The standard InChI is InChI=1S/C22H28F3N3O2/c23-22(24,25)15-28-21(29)10-9-20(26-28)16-5-7-18(8-6-16)30-19-11-13-27(14-12-19)17-3-1-2-4-17/h5-8,17,19H,1-4,9-15H2. The van der Waals surface area contributed by atoms with Gasteiger partial charge in [-0.25, -0.2) is 5.01 Å². The van der Waals surface area contributed by atoms with Crippen molar-refractivity contribution in [1.29, 1.82) is 0 Å². The molecule has 0 unspecified atom stereocenters. The van der Waals surface area contributed by atoms with E-state index in [0.29, 0.717) is 17.1 Å². The Bertz CT molecular complexity index is 765. The average Bonchev–Trinajstić information content (AvgIpc) is 3.25. The zero-order valence-electron chi connectivity index (χ0n) is 17.0. The molecule has 2 aliphatic heterocycles. The lowest BCUT2D eigenvalue weighted by Gasteiger charge is -2.36. The summed E-state index contributed by atoms with van der Waals surface area (Å²) in [4.78, 5) is 14.3. The molecule has 1 amide bonds. The minimum absolute atomic E-state index is 0.0345. The second kappa shape index (κ2) is 8.96. The number of alkyl halides is 3. The molecule has 1 aromatic carbocycles. The van der Waals surface area contributed by atoms with E-state index in [1.165, 1.54) is 25.7 Å². The first-order chi connectivity index (χ1) is 14.4. The van der Waals surface area contributed by atoms with Crippen molar-refractivity contribution >= 4 is 11.6 Å². The number of nitrogens with zero attached hydrogens (tertiary/aromatic N) is 3. The number of rotatable bonds is 5. The predicted molar refractivity (Wildman–Crippen MR) is 107 cm³/mol. The molecule has 4 rings (SSSR count). The smallest absolute Gasteiger partial charge is 0.408 e. The molecule has 5 nitrogen and oxygen atoms in total. The molecule has 0 radical (unpaired) electrons. The Morgan fingerprint density at radius 2 is 1.67 bits per heavy atom. The highest BCUT2D eigenvalue weighted by Gasteiger charge is 2.35. The van der Waals surface area contributed by atoms with Crippen LogP contribution in [0.25, 0.3) is 0 Å². The lowest BCUT2D eigenvalue weighted by Crippen LogP contribution is -2.43. The molecule has 1 aromatic rings. The summed E-state index contributed by atoms with van der Waals surface area (Å²) in [5.41, 5.74) is 1.22. The van der Waals surface area contributed by atoms with Crippen LogP contribution in [0.4, 0.5) is 13.2 Å². The molecule has 2 heterocycles. The van der Waals surface area contributed by atoms with Gasteiger partial charge in [-0.15, -0.1) is 0 Å². The van der Waals surface area contributed by atoms with Crippen molar-refractivity contribution in [1.82, 2.24) is 9.91 Å². The summed E-state index contributed by atoms with van der Waals surface area (Å²) in [7, 11) is 0. The van der Waals surface area contributed by atoms with Crippen molar-refractivity contribution in [3.63, 3.8) is 0 Å². The quantitative estimate of drug-likeness (QED) is 0.707. The molecule has 0 spiro atoms. The first kappa shape index (κ1) is 21.2. The molecular weight excluding hydrogens is 395 g/mol. The van der Waals surface area contributed by atoms with Crippen LogP contribution < -0.4 is 4.74 Å². The van der Waals surface area contributed by atoms with E-state index in [1.807, 2.05) is 24.3 Å². The molecule has 0 bridgehead atoms. The molecule has 30 heavy (non-hydrogen) atoms. The van der Waals surface area contributed by atoms with Crippen LogP contribution in [0.15, 0.2) is 29.4 Å². The van der Waals surface area contributed by atoms with Crippen LogP contribution in [0, 0.1) is 0 Å². The van der Waals surface area contributed by atoms with Gasteiger partial charge >= 0.3 is 6.18 Å². The van der Waals surface area contributed by atoms with Gasteiger partial charge in [0.25, 0.3) is 0 Å². The molecule has 0 N–H and O–H groups in total. The Balaban J connectivity index is 1.33. The third kappa shape index (κ3) is 5.33. The van der Waals surface area contributed by atoms with E-state index in [4.69, 9.17) is 4.74 Å². The van der Waals surface area contributed by atoms with Crippen LogP contribution in [0.3, 0.4) is 0 Å². The fourth-order valence-corrected chi connectivity index (χ4v) is 4.65. The lowest BCUT2D eigenvalue weighted by atomic mass is 10.0. The molecule has 164 valence electrons. The minimum atomic E-state index is -4.47. The minimum Gasteiger partial charge on any atom is -0.490 e. The number of halogens is 3. The Hall–Kier alpha value is -2.09. The first-order valence-electron chi connectivity index (χ1n) is 10.8. The number of amides is 1. The van der Waals surface area contributed by atoms with Gasteiger partial charge in [-0.05, 0) is 55.5 Å². The third-order valence-electron chi connectivity index (χ3n) is 6.24. The maximum Gasteiger partial charge on any atom is 0.408 e. The van der Waals surface area contributed by atoms with E-state index in [0.717, 1.165) is 43.3 Å². The fourth-order valence-electron chi connectivity index (χ4n) is 4.65. The second-order valence-electron chi connectivity index (χ2n) is 8.43. The number of ether oxygens (including phenoxy) is 1. The number of piperidine rings is 1. The number of carbonyl (C=O) groups is 1. The van der Waals surface area contributed by atoms with Gasteiger partial charge in [0, 0.05) is 32.0 Å². The van der Waals surface area contributed by atoms with Gasteiger partial charge in [-0.1, -0.05) is 12.8 Å². The summed E-state index contributed by atoms with van der Waals surface area (Å²) in [5.74, 6) is 0.165. The van der Waals surface area contributed by atoms with Crippen molar-refractivity contribution in [2.24, 2.45) is 5.10 Å². The molecule has 3 aliphatic rings. The van der Waals surface area contributed by atoms with E-state index in [-0.39, 0.29) is 12.5 Å². The summed E-state index contributed by atoms with van der Waals surface area (Å²) in [6.45, 7) is 0.802. The van der Waals surface area contributed by atoms with Gasteiger partial charge in [0.2, 0.25) is 5.91 Å². The lowest BCUT2D eigenvalue weighted by molar-refractivity contribution is -0.161. The van der Waals surface area contributed by atoms with E-state index >= 15 is 0 Å². The van der Waals surface area contributed by atoms with Crippen LogP contribution in [0.2, 0.25) is 0 Å². The van der Waals surface area contributed by atoms with E-state index in [9.17, 15) is 18.0 Å². The monoisotopic (exact) mass is 423 g/mol. The van der Waals surface area contributed by atoms with Gasteiger partial charge in [0.05, 0.1) is 5.71 Å². The number of hydrogen-bond donors (Lipinski definition) is 0. The molecule has 1 saturated heterocycles. The maximum absolute atomic E-state index is 12.6. The van der Waals surface area contributed by atoms with Crippen molar-refractivity contribution < 1.29 is 22.7 Å². The van der Waals surface area contributed by atoms with Crippen LogP contribution in [-0.4, -0.2) is 59.5 Å². The largest absolute Gasteiger partial charge is 0.490 e. The average molecular weight is 423 g/mol. The van der Waals surface area contributed by atoms with Crippen molar-refractivity contribution in [3.8, 4) is 5.75 Å². The summed E-state index contributed by atoms with van der Waals surface area (Å²) in [6, 6.07) is 8.05. The highest BCUT2D eigenvalue weighted by atomic mass is 19.4. The number of carbonyl (C=O) groups excluding carboxylic acids is 1. The van der Waals surface area contributed by atoms with Crippen LogP contribution in [0.1, 0.15) is 56.9 Å². The Labute approximate surface area is 174 Å². The Kier molecular flexibility index (Phi) is 6.32. The number of hydrogen-bond acceptors (Lipinski definition) is 4. The molecule has 1 saturated carbocycles. The Morgan fingerprint density at radius 1 is 1.00 bits per heavy atom. The van der Waals surface area contributed by atoms with E-state index in [1.54, 1.807) is 0 Å². The summed E-state index contributed by atoms with van der Waals surface area (Å²) >= 11 is 0. The molecular formula is C22H28F3N3O2. The van der Waals surface area contributed by atoms with Gasteiger partial charge in [-0.3, -0.25) is 4.79 Å². The maximum atomic E-state index is 12.6. The number of hydrazone groups is 1. The predicted octanol–water partition coefficient (Wildman–Crippen LogP) is 4.36. The van der Waals surface area contributed by atoms with E-state index in [2.05, 4.69) is 10.0 Å². The Morgan fingerprint density at radius 3 is 2.30 bits per heavy atom. The van der Waals surface area contributed by atoms with Crippen LogP contribution in [0.5, 0.6) is 5.75 Å². The highest BCUT2D eigenvalue weighted by molar-refractivity contribution is 6.04. The number of benzene rings is 1. The summed E-state index contributed by atoms with van der Waals surface area (Å²) in [6.07, 6.45) is 3.47. The highest BCUT2D eigenvalue weighted by Crippen LogP contribution is 2.28. The summed E-state index contributed by atoms with van der Waals surface area (Å²) < 4.78 is 44.1. The van der Waals surface area contributed by atoms with Gasteiger partial charge < -0.3 is 9.64 Å². The fraction of sp³-hybridized carbons (Fsp3) is 0.636. The van der Waals surface area contributed by atoms with Crippen molar-refractivity contribution in [2.45, 2.75) is 69.7 Å². The van der Waals surface area contributed by atoms with Gasteiger partial charge in [0.1, 0.15) is 18.4 Å². The molecule has 1 aliphatic carbocycles. The van der Waals surface area contributed by atoms with Crippen LogP contribution >= 0.6 is 0 Å². The van der Waals surface area contributed by atoms with E-state index < -0.39 is 18.6 Å². The zero-order chi connectivity index (χ0) is 21.1. The van der Waals surface area contributed by atoms with Gasteiger partial charge in [0.15, 0.2) is 0 Å². The van der Waals surface area contributed by atoms with Gasteiger partial charge in [-0.2, -0.15) is 18.3 Å². The molecule has 0 aromatic heterocycles. The molecule has 2 fully saturated rings. The van der Waals surface area contributed by atoms with Crippen molar-refractivity contribution in [3.05, 3.63) is 29.8 Å². The summed E-state index contributed by atoms with van der Waals surface area (Å²) in [5, 5.41) is 4.47. The third-order valence-corrected chi connectivity index (χ3v) is 6.24. The molecule has 0 atom stereocenters. The first-order valence-corrected chi connectivity index (χ1v) is 10.8. The second-order valence-corrected chi connectivity index (χ2v) is 8.43. The van der Waals surface area contributed by atoms with Crippen LogP contribution in [-0.2, 0) is 4.79 Å².